The molecular weight excluding hydrogens is 828 g/mol. The van der Waals surface area contributed by atoms with E-state index in [9.17, 15) is 28.8 Å². The molecule has 5 atom stereocenters. The molecule has 5 unspecified atom stereocenters. The van der Waals surface area contributed by atoms with E-state index in [0.29, 0.717) is 12.2 Å². The van der Waals surface area contributed by atoms with E-state index < -0.39 is 35.0 Å². The molecule has 17 heteroatoms. The number of carbonyl (C=O) groups excluding carboxylic acids is 2. The number of hydrogen-bond acceptors (Lipinski definition) is 9. The molecule has 0 spiro atoms. The van der Waals surface area contributed by atoms with Crippen LogP contribution >= 0.6 is 35.3 Å². The van der Waals surface area contributed by atoms with E-state index in [4.69, 9.17) is 20.4 Å². The maximum Gasteiger partial charge on any atom is 0.324 e. The fourth-order valence-electron chi connectivity index (χ4n) is 2.46. The fourth-order valence-corrected chi connectivity index (χ4v) is 5.31. The van der Waals surface area contributed by atoms with Crippen molar-refractivity contribution in [2.75, 3.05) is 11.5 Å². The number of hydrogen-bond donors (Lipinski definition) is 4. The zero-order chi connectivity index (χ0) is 24.3. The Hall–Kier alpha value is 2.69. The molecule has 0 aromatic rings. The summed E-state index contributed by atoms with van der Waals surface area (Å²) in [6.07, 6.45) is 0.416. The van der Waals surface area contributed by atoms with Gasteiger partial charge >= 0.3 is 23.9 Å². The second-order valence-corrected chi connectivity index (χ2v) is 11.1. The molecule has 0 amide bonds. The van der Waals surface area contributed by atoms with Crippen LogP contribution < -0.4 is 0 Å². The first-order valence-electron chi connectivity index (χ1n) is 9.09. The van der Waals surface area contributed by atoms with Crippen LogP contribution in [0.5, 0.6) is 0 Å². The number of rotatable bonds is 7. The average Bonchev–Trinajstić information content (AvgIpc) is 3.14. The predicted octanol–water partition coefficient (Wildman–Crippen LogP) is 1.58. The van der Waals surface area contributed by atoms with E-state index in [1.54, 1.807) is 13.8 Å². The third-order valence-corrected chi connectivity index (χ3v) is 7.66. The van der Waals surface area contributed by atoms with Crippen LogP contribution in [0.15, 0.2) is 0 Å². The standard InChI is InChI=1S/C6H10O4S.2C6H8O3S.4Y/c1-4(2-5(7)8)11-3-6(9)10;1-3-5(6(8)9)4(7)2-10-3;1-3-2-4(7)5(10-3)6(8)9;;;;/h4H,2-3H2,1H3,(H,7,8)(H,9,10);2*3,5H,2H2,1H3,(H,8,9);;;;. The van der Waals surface area contributed by atoms with Crippen molar-refractivity contribution in [2.24, 2.45) is 5.92 Å². The van der Waals surface area contributed by atoms with Crippen molar-refractivity contribution in [3.8, 4) is 0 Å². The summed E-state index contributed by atoms with van der Waals surface area (Å²) in [7, 11) is 0. The molecule has 2 saturated heterocycles. The summed E-state index contributed by atoms with van der Waals surface area (Å²) < 4.78 is 0. The van der Waals surface area contributed by atoms with Gasteiger partial charge in [-0.25, -0.2) is 0 Å². The van der Waals surface area contributed by atoms with Gasteiger partial charge in [0.2, 0.25) is 0 Å². The molecule has 10 nitrogen and oxygen atoms in total. The van der Waals surface area contributed by atoms with Crippen LogP contribution in [0.25, 0.3) is 0 Å². The number of carboxylic acids is 4. The van der Waals surface area contributed by atoms with Crippen molar-refractivity contribution in [1.29, 1.82) is 0 Å². The van der Waals surface area contributed by atoms with E-state index in [-0.39, 0.29) is 170 Å². The van der Waals surface area contributed by atoms with Crippen LogP contribution in [0.4, 0.5) is 0 Å². The SMILES string of the molecule is CC(CC(=O)O)SCC(=O)O.CC1CC(=O)C(C(=O)O)S1.CC1SCC(=O)C1C(=O)O.[Y].[Y].[Y].[Y]. The minimum Gasteiger partial charge on any atom is -0.481 e. The molecule has 2 aliphatic rings. The number of carbonyl (C=O) groups is 6. The van der Waals surface area contributed by atoms with Crippen LogP contribution in [0.2, 0.25) is 0 Å². The Bertz CT molecular complexity index is 712. The van der Waals surface area contributed by atoms with Crippen molar-refractivity contribution in [2.45, 2.75) is 54.6 Å². The number of ketones is 2. The molecule has 2 heterocycles. The first-order valence-corrected chi connectivity index (χ1v) is 12.1. The van der Waals surface area contributed by atoms with Gasteiger partial charge in [-0.15, -0.1) is 35.3 Å². The van der Waals surface area contributed by atoms with Gasteiger partial charge in [-0.2, -0.15) is 0 Å². The Morgan fingerprint density at radius 2 is 1.43 bits per heavy atom. The Morgan fingerprint density at radius 3 is 1.66 bits per heavy atom. The quantitative estimate of drug-likeness (QED) is 0.271. The molecule has 2 fully saturated rings. The minimum absolute atomic E-state index is 0. The Morgan fingerprint density at radius 1 is 0.914 bits per heavy atom. The molecule has 0 aromatic heterocycles. The summed E-state index contributed by atoms with van der Waals surface area (Å²) in [6, 6.07) is 0. The van der Waals surface area contributed by atoms with Gasteiger partial charge in [0, 0.05) is 153 Å². The van der Waals surface area contributed by atoms with Gasteiger partial charge in [0.05, 0.1) is 17.9 Å². The van der Waals surface area contributed by atoms with Gasteiger partial charge in [0.15, 0.2) is 16.8 Å². The predicted molar refractivity (Wildman–Crippen MR) is 118 cm³/mol. The summed E-state index contributed by atoms with van der Waals surface area (Å²) in [5, 5.41) is 32.7. The molecule has 0 bridgehead atoms. The zero-order valence-corrected chi connectivity index (χ0v) is 33.3. The van der Waals surface area contributed by atoms with E-state index in [1.165, 1.54) is 23.5 Å². The Labute approximate surface area is 317 Å². The molecule has 0 aromatic carbocycles. The summed E-state index contributed by atoms with van der Waals surface area (Å²) in [5.41, 5.74) is 0. The number of aliphatic carboxylic acids is 4. The van der Waals surface area contributed by atoms with Gasteiger partial charge in [-0.3, -0.25) is 28.8 Å². The Kier molecular flexibility index (Phi) is 34.8. The summed E-state index contributed by atoms with van der Waals surface area (Å²) in [4.78, 5) is 62.5. The molecule has 35 heavy (non-hydrogen) atoms. The largest absolute Gasteiger partial charge is 0.481 e. The third kappa shape index (κ3) is 22.1. The van der Waals surface area contributed by atoms with E-state index in [0.717, 1.165) is 11.8 Å². The van der Waals surface area contributed by atoms with E-state index in [2.05, 4.69) is 0 Å². The maximum absolute atomic E-state index is 10.8. The summed E-state index contributed by atoms with van der Waals surface area (Å²) in [5.74, 6) is -4.52. The van der Waals surface area contributed by atoms with Gasteiger partial charge in [0.25, 0.3) is 0 Å². The number of carboxylic acid groups (broad SMARTS) is 4. The van der Waals surface area contributed by atoms with Crippen molar-refractivity contribution in [3.63, 3.8) is 0 Å². The molecule has 4 N–H and O–H groups in total. The van der Waals surface area contributed by atoms with Crippen LogP contribution in [0.3, 0.4) is 0 Å². The van der Waals surface area contributed by atoms with Crippen molar-refractivity contribution in [1.82, 2.24) is 0 Å². The second-order valence-electron chi connectivity index (χ2n) is 6.75. The number of Topliss-reactive ketones (excluding diaryl/α,β-unsaturated/α-hetero) is 2. The molecule has 0 saturated carbocycles. The summed E-state index contributed by atoms with van der Waals surface area (Å²) >= 11 is 3.78. The van der Waals surface area contributed by atoms with Crippen molar-refractivity contribution < 1.29 is 180 Å². The first kappa shape index (κ1) is 47.5. The van der Waals surface area contributed by atoms with Gasteiger partial charge in [-0.05, 0) is 0 Å². The number of thioether (sulfide) groups is 3. The molecule has 2 rings (SSSR count). The Balaban J connectivity index is -0.000000122. The van der Waals surface area contributed by atoms with Crippen molar-refractivity contribution >= 4 is 70.7 Å². The van der Waals surface area contributed by atoms with Gasteiger partial charge < -0.3 is 20.4 Å². The van der Waals surface area contributed by atoms with Crippen LogP contribution in [-0.4, -0.2) is 88.4 Å². The normalized spacial score (nSPS) is 22.6. The van der Waals surface area contributed by atoms with Crippen LogP contribution in [0, 0.1) is 5.92 Å². The summed E-state index contributed by atoms with van der Waals surface area (Å²) in [6.45, 7) is 5.33. The molecular formula is C18H26O10S3Y4. The minimum atomic E-state index is -1.00. The molecule has 4 radical (unpaired) electrons. The van der Waals surface area contributed by atoms with E-state index >= 15 is 0 Å². The van der Waals surface area contributed by atoms with Crippen LogP contribution in [-0.2, 0) is 160 Å². The second kappa shape index (κ2) is 25.6. The van der Waals surface area contributed by atoms with Crippen LogP contribution in [0.1, 0.15) is 33.6 Å². The topological polar surface area (TPSA) is 183 Å². The zero-order valence-electron chi connectivity index (χ0n) is 19.5. The average molecular weight is 854 g/mol. The molecule has 2 aliphatic heterocycles. The maximum atomic E-state index is 10.8. The smallest absolute Gasteiger partial charge is 0.324 e. The molecule has 188 valence electrons. The van der Waals surface area contributed by atoms with E-state index in [1.807, 2.05) is 6.92 Å². The molecule has 0 aliphatic carbocycles. The third-order valence-electron chi connectivity index (χ3n) is 3.90. The monoisotopic (exact) mass is 854 g/mol. The van der Waals surface area contributed by atoms with Crippen molar-refractivity contribution in [3.05, 3.63) is 0 Å². The van der Waals surface area contributed by atoms with Gasteiger partial charge in [-0.1, -0.05) is 20.8 Å². The first-order chi connectivity index (χ1) is 14.3. The van der Waals surface area contributed by atoms with Gasteiger partial charge in [0.1, 0.15) is 5.92 Å². The fraction of sp³-hybridized carbons (Fsp3) is 0.667.